The molecule has 0 bridgehead atoms. The summed E-state index contributed by atoms with van der Waals surface area (Å²) in [5.74, 6) is 0.215. The fraction of sp³-hybridized carbons (Fsp3) is 0.462. The summed E-state index contributed by atoms with van der Waals surface area (Å²) >= 11 is 0. The van der Waals surface area contributed by atoms with E-state index >= 15 is 0 Å². The Balaban J connectivity index is 2.79. The normalized spacial score (nSPS) is 14.8. The molecule has 0 aliphatic carbocycles. The topological polar surface area (TPSA) is 72.8 Å². The van der Waals surface area contributed by atoms with Crippen molar-refractivity contribution < 1.29 is 23.5 Å². The van der Waals surface area contributed by atoms with Crippen LogP contribution in [0.4, 0.5) is 4.79 Å². The van der Waals surface area contributed by atoms with E-state index in [2.05, 4.69) is 25.3 Å². The highest BCUT2D eigenvalue weighted by Crippen LogP contribution is 2.44. The molecule has 0 aliphatic heterocycles. The monoisotopic (exact) mass is 286 g/mol. The van der Waals surface area contributed by atoms with Crippen molar-refractivity contribution in [2.24, 2.45) is 0 Å². The number of carbonyl (C=O) groups is 1. The number of hydrogen-bond donors (Lipinski definition) is 1. The van der Waals surface area contributed by atoms with Gasteiger partial charge in [-0.05, 0) is 30.0 Å². The first kappa shape index (κ1) is 15.9. The maximum Gasteiger partial charge on any atom is 0.436 e. The van der Waals surface area contributed by atoms with E-state index in [0.717, 1.165) is 5.56 Å². The molecule has 106 valence electrons. The first-order valence-corrected chi connectivity index (χ1v) is 7.55. The average molecular weight is 286 g/mol. The molecule has 1 rings (SSSR count). The predicted octanol–water partition coefficient (Wildman–Crippen LogP) is 3.70. The highest BCUT2D eigenvalue weighted by molar-refractivity contribution is 7.70. The lowest BCUT2D eigenvalue weighted by Gasteiger charge is -2.19. The van der Waals surface area contributed by atoms with Crippen LogP contribution in [-0.2, 0) is 14.5 Å². The van der Waals surface area contributed by atoms with E-state index < -0.39 is 13.3 Å². The van der Waals surface area contributed by atoms with E-state index in [1.54, 1.807) is 12.1 Å². The van der Waals surface area contributed by atoms with Crippen LogP contribution in [0.25, 0.3) is 0 Å². The van der Waals surface area contributed by atoms with Gasteiger partial charge >= 0.3 is 13.3 Å². The lowest BCUT2D eigenvalue weighted by Crippen LogP contribution is -2.11. The zero-order valence-corrected chi connectivity index (χ0v) is 12.4. The molecule has 1 N–H and O–H groups in total. The van der Waals surface area contributed by atoms with Crippen LogP contribution in [0.15, 0.2) is 24.3 Å². The van der Waals surface area contributed by atoms with Gasteiger partial charge in [-0.1, -0.05) is 32.9 Å². The molecule has 0 amide bonds. The molecule has 1 aromatic carbocycles. The summed E-state index contributed by atoms with van der Waals surface area (Å²) in [4.78, 5) is 20.7. The van der Waals surface area contributed by atoms with Gasteiger partial charge < -0.3 is 14.2 Å². The summed E-state index contributed by atoms with van der Waals surface area (Å²) in [7, 11) is -4.35. The van der Waals surface area contributed by atoms with E-state index in [1.807, 2.05) is 12.1 Å². The van der Waals surface area contributed by atoms with Crippen molar-refractivity contribution in [2.75, 3.05) is 6.61 Å². The van der Waals surface area contributed by atoms with Gasteiger partial charge in [0.05, 0.1) is 6.61 Å². The molecule has 0 aromatic heterocycles. The summed E-state index contributed by atoms with van der Waals surface area (Å²) in [6.45, 7) is 7.67. The molecule has 1 unspecified atom stereocenters. The smallest absolute Gasteiger partial charge is 0.417 e. The van der Waals surface area contributed by atoms with E-state index in [4.69, 9.17) is 4.74 Å². The Labute approximate surface area is 113 Å². The molecule has 1 atom stereocenters. The third kappa shape index (κ3) is 4.46. The molecule has 0 spiro atoms. The van der Waals surface area contributed by atoms with Gasteiger partial charge in [-0.2, -0.15) is 0 Å². The second-order valence-corrected chi connectivity index (χ2v) is 6.74. The van der Waals surface area contributed by atoms with Crippen molar-refractivity contribution in [3.8, 4) is 5.75 Å². The third-order valence-corrected chi connectivity index (χ3v) is 3.62. The van der Waals surface area contributed by atoms with Crippen LogP contribution in [0, 0.1) is 0 Å². The van der Waals surface area contributed by atoms with Gasteiger partial charge in [0.1, 0.15) is 5.75 Å². The fourth-order valence-electron chi connectivity index (χ4n) is 1.41. The van der Waals surface area contributed by atoms with Crippen LogP contribution < -0.4 is 4.74 Å². The van der Waals surface area contributed by atoms with Gasteiger partial charge in [0.25, 0.3) is 0 Å². The van der Waals surface area contributed by atoms with Crippen molar-refractivity contribution in [3.05, 3.63) is 29.8 Å². The van der Waals surface area contributed by atoms with Crippen LogP contribution >= 0.6 is 7.60 Å². The lowest BCUT2D eigenvalue weighted by atomic mass is 9.87. The number of hydrogen-bond acceptors (Lipinski definition) is 4. The third-order valence-electron chi connectivity index (χ3n) is 2.46. The zero-order valence-electron chi connectivity index (χ0n) is 11.5. The SMILES string of the molecule is CCOP(=O)(O)C(=O)Oc1ccc(C(C)(C)C)cc1. The Morgan fingerprint density at radius 1 is 1.26 bits per heavy atom. The largest absolute Gasteiger partial charge is 0.436 e. The van der Waals surface area contributed by atoms with E-state index in [1.165, 1.54) is 6.92 Å². The van der Waals surface area contributed by atoms with Crippen molar-refractivity contribution >= 4 is 13.3 Å². The molecule has 0 saturated heterocycles. The van der Waals surface area contributed by atoms with Crippen LogP contribution in [0.3, 0.4) is 0 Å². The first-order valence-electron chi connectivity index (χ1n) is 5.97. The number of carbonyl (C=O) groups excluding carboxylic acids is 1. The Morgan fingerprint density at radius 3 is 2.21 bits per heavy atom. The quantitative estimate of drug-likeness (QED) is 0.854. The van der Waals surface area contributed by atoms with Crippen molar-refractivity contribution in [2.45, 2.75) is 33.1 Å². The summed E-state index contributed by atoms with van der Waals surface area (Å²) < 4.78 is 20.7. The van der Waals surface area contributed by atoms with Crippen molar-refractivity contribution in [1.29, 1.82) is 0 Å². The van der Waals surface area contributed by atoms with Gasteiger partial charge in [-0.15, -0.1) is 0 Å². The maximum atomic E-state index is 11.4. The van der Waals surface area contributed by atoms with Crippen LogP contribution in [0.2, 0.25) is 0 Å². The summed E-state index contributed by atoms with van der Waals surface area (Å²) in [5, 5.41) is 0. The first-order chi connectivity index (χ1) is 8.66. The number of rotatable bonds is 4. The molecular weight excluding hydrogens is 267 g/mol. The zero-order chi connectivity index (χ0) is 14.7. The summed E-state index contributed by atoms with van der Waals surface area (Å²) in [6.07, 6.45) is 0. The number of benzene rings is 1. The Hall–Kier alpha value is -1.16. The molecule has 0 heterocycles. The Kier molecular flexibility index (Phi) is 4.91. The van der Waals surface area contributed by atoms with Crippen LogP contribution in [-0.4, -0.2) is 17.2 Å². The minimum absolute atomic E-state index is 0.0138. The van der Waals surface area contributed by atoms with Gasteiger partial charge in [0.15, 0.2) is 0 Å². The molecular formula is C13H19O5P. The molecule has 0 fully saturated rings. The predicted molar refractivity (Wildman–Crippen MR) is 72.6 cm³/mol. The van der Waals surface area contributed by atoms with E-state index in [-0.39, 0.29) is 17.8 Å². The lowest BCUT2D eigenvalue weighted by molar-refractivity contribution is 0.203. The van der Waals surface area contributed by atoms with Crippen LogP contribution in [0.1, 0.15) is 33.3 Å². The highest BCUT2D eigenvalue weighted by atomic mass is 31.2. The van der Waals surface area contributed by atoms with Crippen molar-refractivity contribution in [1.82, 2.24) is 0 Å². The molecule has 0 aliphatic rings. The molecule has 0 saturated carbocycles. The van der Waals surface area contributed by atoms with E-state index in [0.29, 0.717) is 0 Å². The Morgan fingerprint density at radius 2 is 1.79 bits per heavy atom. The van der Waals surface area contributed by atoms with Gasteiger partial charge in [0.2, 0.25) is 0 Å². The molecule has 1 aromatic rings. The summed E-state index contributed by atoms with van der Waals surface area (Å²) in [5.41, 5.74) is -0.206. The molecule has 0 radical (unpaired) electrons. The molecule has 19 heavy (non-hydrogen) atoms. The Bertz CT molecular complexity index is 487. The fourth-order valence-corrected chi connectivity index (χ4v) is 2.09. The minimum atomic E-state index is -4.35. The van der Waals surface area contributed by atoms with Crippen molar-refractivity contribution in [3.63, 3.8) is 0 Å². The molecule has 6 heteroatoms. The maximum absolute atomic E-state index is 11.4. The van der Waals surface area contributed by atoms with Crippen LogP contribution in [0.5, 0.6) is 5.75 Å². The van der Waals surface area contributed by atoms with Gasteiger partial charge in [-0.25, -0.2) is 9.36 Å². The highest BCUT2D eigenvalue weighted by Gasteiger charge is 2.32. The molecule has 5 nitrogen and oxygen atoms in total. The van der Waals surface area contributed by atoms with Gasteiger partial charge in [0, 0.05) is 0 Å². The standard InChI is InChI=1S/C13H19O5P/c1-5-17-19(15,16)12(14)18-11-8-6-10(7-9-11)13(2,3)4/h6-9H,5H2,1-4H3,(H,15,16). The number of ether oxygens (including phenoxy) is 1. The minimum Gasteiger partial charge on any atom is -0.417 e. The second-order valence-electron chi connectivity index (χ2n) is 5.08. The van der Waals surface area contributed by atoms with Gasteiger partial charge in [-0.3, -0.25) is 0 Å². The summed E-state index contributed by atoms with van der Waals surface area (Å²) in [6, 6.07) is 6.80. The second kappa shape index (κ2) is 5.87. The average Bonchev–Trinajstić information content (AvgIpc) is 2.28. The van der Waals surface area contributed by atoms with E-state index in [9.17, 15) is 14.3 Å².